The van der Waals surface area contributed by atoms with Crippen molar-refractivity contribution in [2.24, 2.45) is 11.3 Å². The first-order valence-corrected chi connectivity index (χ1v) is 8.15. The molecule has 0 bridgehead atoms. The number of hydrogen-bond acceptors (Lipinski definition) is 3. The van der Waals surface area contributed by atoms with Gasteiger partial charge in [-0.25, -0.2) is 0 Å². The fourth-order valence-corrected chi connectivity index (χ4v) is 4.69. The van der Waals surface area contributed by atoms with Crippen molar-refractivity contribution in [3.05, 3.63) is 0 Å². The summed E-state index contributed by atoms with van der Waals surface area (Å²) >= 11 is 2.06. The lowest BCUT2D eigenvalue weighted by atomic mass is 9.85. The highest BCUT2D eigenvalue weighted by atomic mass is 32.2. The molecule has 2 atom stereocenters. The number of carboxylic acids is 1. The van der Waals surface area contributed by atoms with Crippen LogP contribution in [0, 0.1) is 11.3 Å². The van der Waals surface area contributed by atoms with Gasteiger partial charge < -0.3 is 5.11 Å². The third-order valence-electron chi connectivity index (χ3n) is 4.12. The van der Waals surface area contributed by atoms with E-state index in [1.54, 1.807) is 0 Å². The molecule has 2 unspecified atom stereocenters. The van der Waals surface area contributed by atoms with Crippen molar-refractivity contribution in [1.82, 2.24) is 4.90 Å². The van der Waals surface area contributed by atoms with Crippen LogP contribution in [-0.4, -0.2) is 46.6 Å². The van der Waals surface area contributed by atoms with Crippen LogP contribution in [0.4, 0.5) is 0 Å². The predicted octanol–water partition coefficient (Wildman–Crippen LogP) is 2.70. The van der Waals surface area contributed by atoms with E-state index in [9.17, 15) is 4.79 Å². The molecule has 2 aliphatic rings. The van der Waals surface area contributed by atoms with Crippen LogP contribution in [0.15, 0.2) is 0 Å². The van der Waals surface area contributed by atoms with Gasteiger partial charge in [-0.1, -0.05) is 13.8 Å². The lowest BCUT2D eigenvalue weighted by molar-refractivity contribution is -0.138. The highest BCUT2D eigenvalue weighted by Crippen LogP contribution is 2.37. The highest BCUT2D eigenvalue weighted by Gasteiger charge is 2.34. The van der Waals surface area contributed by atoms with Crippen molar-refractivity contribution in [3.63, 3.8) is 0 Å². The third-order valence-corrected chi connectivity index (χ3v) is 5.73. The van der Waals surface area contributed by atoms with Crippen LogP contribution >= 0.6 is 11.8 Å². The zero-order valence-electron chi connectivity index (χ0n) is 11.5. The largest absolute Gasteiger partial charge is 0.481 e. The van der Waals surface area contributed by atoms with Crippen LogP contribution in [0.3, 0.4) is 0 Å². The fraction of sp³-hybridized carbons (Fsp3) is 0.929. The van der Waals surface area contributed by atoms with E-state index in [1.165, 1.54) is 24.3 Å². The monoisotopic (exact) mass is 271 g/mol. The molecule has 2 rings (SSSR count). The zero-order chi connectivity index (χ0) is 13.2. The Kier molecular flexibility index (Phi) is 4.59. The SMILES string of the molecule is CC1(C)CSCC(N2CCCC(CC(=O)O)C2)C1. The van der Waals surface area contributed by atoms with Crippen LogP contribution in [0.2, 0.25) is 0 Å². The Morgan fingerprint density at radius 3 is 2.94 bits per heavy atom. The van der Waals surface area contributed by atoms with Crippen molar-refractivity contribution in [3.8, 4) is 0 Å². The molecule has 0 aromatic carbocycles. The second kappa shape index (κ2) is 5.83. The van der Waals surface area contributed by atoms with E-state index in [1.807, 2.05) is 0 Å². The van der Waals surface area contributed by atoms with Gasteiger partial charge in [-0.3, -0.25) is 9.69 Å². The lowest BCUT2D eigenvalue weighted by Gasteiger charge is -2.44. The second-order valence-electron chi connectivity index (χ2n) is 6.64. The number of carbonyl (C=O) groups is 1. The first kappa shape index (κ1) is 14.2. The molecule has 2 aliphatic heterocycles. The van der Waals surface area contributed by atoms with E-state index in [2.05, 4.69) is 30.5 Å². The van der Waals surface area contributed by atoms with Crippen LogP contribution in [-0.2, 0) is 4.79 Å². The van der Waals surface area contributed by atoms with Gasteiger partial charge in [-0.15, -0.1) is 0 Å². The summed E-state index contributed by atoms with van der Waals surface area (Å²) in [6, 6.07) is 0.662. The molecule has 2 saturated heterocycles. The van der Waals surface area contributed by atoms with Crippen LogP contribution < -0.4 is 0 Å². The molecule has 0 aliphatic carbocycles. The van der Waals surface area contributed by atoms with Gasteiger partial charge >= 0.3 is 5.97 Å². The molecule has 0 amide bonds. The van der Waals surface area contributed by atoms with E-state index in [0.29, 0.717) is 23.8 Å². The molecular formula is C14H25NO2S. The highest BCUT2D eigenvalue weighted by molar-refractivity contribution is 7.99. The molecule has 4 heteroatoms. The van der Waals surface area contributed by atoms with Crippen molar-refractivity contribution in [2.45, 2.75) is 45.6 Å². The molecule has 0 spiro atoms. The predicted molar refractivity (Wildman–Crippen MR) is 76.1 cm³/mol. The Balaban J connectivity index is 1.90. The molecule has 3 nitrogen and oxygen atoms in total. The number of thioether (sulfide) groups is 1. The van der Waals surface area contributed by atoms with E-state index >= 15 is 0 Å². The minimum absolute atomic E-state index is 0.347. The Morgan fingerprint density at radius 1 is 1.50 bits per heavy atom. The molecule has 0 saturated carbocycles. The maximum Gasteiger partial charge on any atom is 0.303 e. The van der Waals surface area contributed by atoms with Crippen LogP contribution in [0.1, 0.15) is 39.5 Å². The van der Waals surface area contributed by atoms with Crippen LogP contribution in [0.5, 0.6) is 0 Å². The number of piperidine rings is 1. The van der Waals surface area contributed by atoms with E-state index in [0.717, 1.165) is 19.5 Å². The molecule has 0 aromatic heterocycles. The summed E-state index contributed by atoms with van der Waals surface area (Å²) in [5.41, 5.74) is 0.438. The molecule has 1 N–H and O–H groups in total. The van der Waals surface area contributed by atoms with Gasteiger partial charge in [0, 0.05) is 24.8 Å². The van der Waals surface area contributed by atoms with Gasteiger partial charge in [0.1, 0.15) is 0 Å². The third kappa shape index (κ3) is 3.89. The fourth-order valence-electron chi connectivity index (χ4n) is 3.30. The van der Waals surface area contributed by atoms with Crippen molar-refractivity contribution in [1.29, 1.82) is 0 Å². The number of hydrogen-bond donors (Lipinski definition) is 1. The summed E-state index contributed by atoms with van der Waals surface area (Å²) in [5, 5.41) is 8.92. The molecule has 104 valence electrons. The summed E-state index contributed by atoms with van der Waals surface area (Å²) in [6.07, 6.45) is 3.87. The van der Waals surface area contributed by atoms with Gasteiger partial charge in [0.2, 0.25) is 0 Å². The van der Waals surface area contributed by atoms with E-state index in [4.69, 9.17) is 5.11 Å². The number of rotatable bonds is 3. The van der Waals surface area contributed by atoms with Gasteiger partial charge in [0.25, 0.3) is 0 Å². The first-order valence-electron chi connectivity index (χ1n) is 7.00. The molecule has 2 fully saturated rings. The molecular weight excluding hydrogens is 246 g/mol. The maximum absolute atomic E-state index is 10.8. The number of aliphatic carboxylic acids is 1. The summed E-state index contributed by atoms with van der Waals surface area (Å²) in [7, 11) is 0. The Hall–Kier alpha value is -0.220. The first-order chi connectivity index (χ1) is 8.46. The van der Waals surface area contributed by atoms with Gasteiger partial charge in [0.05, 0.1) is 0 Å². The molecule has 18 heavy (non-hydrogen) atoms. The van der Waals surface area contributed by atoms with Gasteiger partial charge in [-0.2, -0.15) is 11.8 Å². The van der Waals surface area contributed by atoms with E-state index in [-0.39, 0.29) is 0 Å². The summed E-state index contributed by atoms with van der Waals surface area (Å²) < 4.78 is 0. The normalized spacial score (nSPS) is 33.2. The number of nitrogens with zero attached hydrogens (tertiary/aromatic N) is 1. The molecule has 2 heterocycles. The van der Waals surface area contributed by atoms with Crippen LogP contribution in [0.25, 0.3) is 0 Å². The van der Waals surface area contributed by atoms with Gasteiger partial charge in [0.15, 0.2) is 0 Å². The summed E-state index contributed by atoms with van der Waals surface area (Å²) in [4.78, 5) is 13.4. The number of carboxylic acid groups (broad SMARTS) is 1. The average molecular weight is 271 g/mol. The Morgan fingerprint density at radius 2 is 2.28 bits per heavy atom. The topological polar surface area (TPSA) is 40.5 Å². The van der Waals surface area contributed by atoms with Crippen molar-refractivity contribution < 1.29 is 9.90 Å². The Labute approximate surface area is 114 Å². The molecule has 0 radical (unpaired) electrons. The zero-order valence-corrected chi connectivity index (χ0v) is 12.3. The maximum atomic E-state index is 10.8. The standard InChI is InChI=1S/C14H25NO2S/c1-14(2)7-12(9-18-10-14)15-5-3-4-11(8-15)6-13(16)17/h11-12H,3-10H2,1-2H3,(H,16,17). The van der Waals surface area contributed by atoms with E-state index < -0.39 is 5.97 Å². The smallest absolute Gasteiger partial charge is 0.303 e. The Bertz CT molecular complexity index is 306. The number of likely N-dealkylation sites (tertiary alicyclic amines) is 1. The van der Waals surface area contributed by atoms with Crippen molar-refractivity contribution >= 4 is 17.7 Å². The average Bonchev–Trinajstić information content (AvgIpc) is 2.27. The van der Waals surface area contributed by atoms with Gasteiger partial charge in [-0.05, 0) is 42.9 Å². The summed E-state index contributed by atoms with van der Waals surface area (Å²) in [5.74, 6) is 2.21. The molecule has 0 aromatic rings. The minimum atomic E-state index is -0.639. The summed E-state index contributed by atoms with van der Waals surface area (Å²) in [6.45, 7) is 6.86. The van der Waals surface area contributed by atoms with Crippen molar-refractivity contribution in [2.75, 3.05) is 24.6 Å². The lowest BCUT2D eigenvalue weighted by Crippen LogP contribution is -2.48. The second-order valence-corrected chi connectivity index (χ2v) is 7.67. The quantitative estimate of drug-likeness (QED) is 0.857. The minimum Gasteiger partial charge on any atom is -0.481 e.